The van der Waals surface area contributed by atoms with E-state index >= 15 is 0 Å². The Labute approximate surface area is 200 Å². The van der Waals surface area contributed by atoms with E-state index in [-0.39, 0.29) is 22.0 Å². The van der Waals surface area contributed by atoms with Crippen molar-refractivity contribution in [2.24, 2.45) is 0 Å². The van der Waals surface area contributed by atoms with Crippen molar-refractivity contribution in [2.45, 2.75) is 26.8 Å². The lowest BCUT2D eigenvalue weighted by atomic mass is 9.98. The number of nitrogens with one attached hydrogen (secondary N) is 1. The predicted octanol–water partition coefficient (Wildman–Crippen LogP) is 5.87. The maximum atomic E-state index is 13.3. The van der Waals surface area contributed by atoms with Crippen LogP contribution in [0.4, 0.5) is 5.69 Å². The minimum atomic E-state index is -1.21. The summed E-state index contributed by atoms with van der Waals surface area (Å²) in [6.07, 6.45) is 0. The fourth-order valence-corrected chi connectivity index (χ4v) is 4.07. The number of nitrogens with zero attached hydrogens (tertiary/aromatic N) is 2. The van der Waals surface area contributed by atoms with Gasteiger partial charge in [0.05, 0.1) is 28.7 Å². The lowest BCUT2D eigenvalue weighted by Crippen LogP contribution is -2.14. The van der Waals surface area contributed by atoms with Crippen molar-refractivity contribution in [1.29, 1.82) is 5.26 Å². The van der Waals surface area contributed by atoms with Crippen LogP contribution < -0.4 is 10.7 Å². The van der Waals surface area contributed by atoms with Gasteiger partial charge in [-0.15, -0.1) is 0 Å². The first-order valence-corrected chi connectivity index (χ1v) is 10.8. The van der Waals surface area contributed by atoms with E-state index in [0.717, 1.165) is 5.56 Å². The third-order valence-corrected chi connectivity index (χ3v) is 5.76. The van der Waals surface area contributed by atoms with E-state index in [9.17, 15) is 20.0 Å². The molecule has 0 radical (unpaired) electrons. The highest BCUT2D eigenvalue weighted by Gasteiger charge is 2.21. The molecule has 2 heterocycles. The number of benzene rings is 2. The number of hydrogen-bond acceptors (Lipinski definition) is 6. The van der Waals surface area contributed by atoms with Crippen molar-refractivity contribution in [1.82, 2.24) is 4.98 Å². The van der Waals surface area contributed by atoms with E-state index in [2.05, 4.69) is 16.4 Å². The number of carbonyl (C=O) groups is 1. The molecule has 0 fully saturated rings. The van der Waals surface area contributed by atoms with Gasteiger partial charge in [0.1, 0.15) is 16.5 Å². The highest BCUT2D eigenvalue weighted by atomic mass is 35.5. The molecule has 0 bridgehead atoms. The van der Waals surface area contributed by atoms with Gasteiger partial charge in [-0.25, -0.2) is 9.78 Å². The molecule has 0 unspecified atom stereocenters. The molecule has 0 aliphatic rings. The fourth-order valence-electron chi connectivity index (χ4n) is 3.92. The van der Waals surface area contributed by atoms with Crippen LogP contribution in [0.25, 0.3) is 22.3 Å². The number of hydrogen-bond donors (Lipinski definition) is 2. The number of aromatic carboxylic acids is 1. The van der Waals surface area contributed by atoms with E-state index in [0.29, 0.717) is 39.0 Å². The molecule has 0 spiro atoms. The van der Waals surface area contributed by atoms with E-state index in [1.807, 2.05) is 19.9 Å². The van der Waals surface area contributed by atoms with Crippen molar-refractivity contribution in [2.75, 3.05) is 5.32 Å². The largest absolute Gasteiger partial charge is 0.476 e. The highest BCUT2D eigenvalue weighted by Crippen LogP contribution is 2.33. The van der Waals surface area contributed by atoms with Crippen LogP contribution in [0.5, 0.6) is 0 Å². The first-order valence-electron chi connectivity index (χ1n) is 10.4. The van der Waals surface area contributed by atoms with E-state index in [4.69, 9.17) is 16.0 Å². The molecule has 0 aliphatic heterocycles. The summed E-state index contributed by atoms with van der Waals surface area (Å²) in [7, 11) is 0. The monoisotopic (exact) mass is 473 g/mol. The summed E-state index contributed by atoms with van der Waals surface area (Å²) >= 11 is 5.87. The Bertz CT molecular complexity index is 1550. The van der Waals surface area contributed by atoms with Crippen molar-refractivity contribution in [3.63, 3.8) is 0 Å². The molecule has 1 atom stereocenters. The van der Waals surface area contributed by atoms with Gasteiger partial charge >= 0.3 is 5.97 Å². The summed E-state index contributed by atoms with van der Waals surface area (Å²) in [6, 6.07) is 15.2. The first kappa shape index (κ1) is 23.0. The van der Waals surface area contributed by atoms with Gasteiger partial charge < -0.3 is 14.8 Å². The average Bonchev–Trinajstić information content (AvgIpc) is 2.82. The number of aryl methyl sites for hydroxylation is 1. The lowest BCUT2D eigenvalue weighted by Gasteiger charge is -2.19. The van der Waals surface area contributed by atoms with Crippen LogP contribution in [-0.2, 0) is 0 Å². The normalized spacial score (nSPS) is 11.7. The molecule has 4 rings (SSSR count). The van der Waals surface area contributed by atoms with Gasteiger partial charge in [-0.05, 0) is 56.7 Å². The highest BCUT2D eigenvalue weighted by molar-refractivity contribution is 6.29. The van der Waals surface area contributed by atoms with Gasteiger partial charge in [-0.3, -0.25) is 4.79 Å². The number of carboxylic acid groups (broad SMARTS) is 1. The van der Waals surface area contributed by atoms with Crippen LogP contribution in [0.3, 0.4) is 0 Å². The van der Waals surface area contributed by atoms with E-state index in [1.54, 1.807) is 43.3 Å². The van der Waals surface area contributed by atoms with Crippen molar-refractivity contribution in [3.05, 3.63) is 91.9 Å². The maximum Gasteiger partial charge on any atom is 0.356 e. The van der Waals surface area contributed by atoms with Gasteiger partial charge in [-0.1, -0.05) is 29.8 Å². The molecule has 7 nitrogen and oxygen atoms in total. The Hall–Kier alpha value is -4.15. The molecule has 2 aromatic heterocycles. The molecule has 2 N–H and O–H groups in total. The molecular formula is C26H20ClN3O4. The zero-order valence-electron chi connectivity index (χ0n) is 18.6. The van der Waals surface area contributed by atoms with Crippen LogP contribution in [0.15, 0.2) is 57.7 Å². The molecular weight excluding hydrogens is 454 g/mol. The Morgan fingerprint density at radius 3 is 2.68 bits per heavy atom. The number of carboxylic acids is 1. The Morgan fingerprint density at radius 1 is 1.21 bits per heavy atom. The summed E-state index contributed by atoms with van der Waals surface area (Å²) in [5.74, 6) is -0.834. The summed E-state index contributed by atoms with van der Waals surface area (Å²) in [5, 5.41) is 22.4. The van der Waals surface area contributed by atoms with Crippen LogP contribution in [0.2, 0.25) is 5.15 Å². The number of fused-ring (bicyclic) bond motifs is 1. The molecule has 2 aromatic carbocycles. The summed E-state index contributed by atoms with van der Waals surface area (Å²) in [6.45, 7) is 5.41. The summed E-state index contributed by atoms with van der Waals surface area (Å²) in [4.78, 5) is 28.8. The van der Waals surface area contributed by atoms with Gasteiger partial charge in [0.25, 0.3) is 0 Å². The van der Waals surface area contributed by atoms with Crippen LogP contribution in [-0.4, -0.2) is 16.1 Å². The Balaban J connectivity index is 1.90. The number of pyridine rings is 1. The minimum Gasteiger partial charge on any atom is -0.476 e. The van der Waals surface area contributed by atoms with Gasteiger partial charge in [-0.2, -0.15) is 5.26 Å². The number of aromatic nitrogens is 1. The second-order valence-corrected chi connectivity index (χ2v) is 8.40. The van der Waals surface area contributed by atoms with Crippen LogP contribution >= 0.6 is 11.6 Å². The van der Waals surface area contributed by atoms with E-state index in [1.165, 1.54) is 6.07 Å². The fraction of sp³-hybridized carbons (Fsp3) is 0.154. The molecule has 0 saturated carbocycles. The van der Waals surface area contributed by atoms with Crippen LogP contribution in [0.1, 0.15) is 45.7 Å². The zero-order valence-corrected chi connectivity index (χ0v) is 19.4. The standard InChI is InChI=1S/C26H20ClN3O4/c1-13-9-18(15(3)29-20-7-8-21(27)30-22(20)26(32)33)25-19(10-13)23(31)14(2)24(34-25)17-6-4-5-16(11-17)12-28/h4-11,15,29H,1-3H3,(H,32,33)/t15-/m1/s1. The molecule has 170 valence electrons. The van der Waals surface area contributed by atoms with Gasteiger partial charge in [0.2, 0.25) is 0 Å². The number of halogens is 1. The first-order chi connectivity index (χ1) is 16.2. The molecule has 0 aliphatic carbocycles. The average molecular weight is 474 g/mol. The maximum absolute atomic E-state index is 13.3. The van der Waals surface area contributed by atoms with Gasteiger partial charge in [0, 0.05) is 16.7 Å². The minimum absolute atomic E-state index is 0.0716. The topological polar surface area (TPSA) is 116 Å². The second-order valence-electron chi connectivity index (χ2n) is 8.01. The molecule has 4 aromatic rings. The molecule has 0 amide bonds. The van der Waals surface area contributed by atoms with Crippen molar-refractivity contribution >= 4 is 34.2 Å². The molecule has 0 saturated heterocycles. The Morgan fingerprint density at radius 2 is 1.97 bits per heavy atom. The van der Waals surface area contributed by atoms with Crippen LogP contribution in [0, 0.1) is 25.2 Å². The number of nitriles is 1. The second kappa shape index (κ2) is 9.00. The van der Waals surface area contributed by atoms with Crippen molar-refractivity contribution < 1.29 is 14.3 Å². The number of anilines is 1. The van der Waals surface area contributed by atoms with E-state index < -0.39 is 12.0 Å². The zero-order chi connectivity index (χ0) is 24.6. The summed E-state index contributed by atoms with van der Waals surface area (Å²) < 4.78 is 6.30. The molecule has 34 heavy (non-hydrogen) atoms. The van der Waals surface area contributed by atoms with Gasteiger partial charge in [0.15, 0.2) is 11.1 Å². The Kier molecular flexibility index (Phi) is 6.10. The SMILES string of the molecule is Cc1cc([C@@H](C)Nc2ccc(Cl)nc2C(=O)O)c2oc(-c3cccc(C#N)c3)c(C)c(=O)c2c1. The van der Waals surface area contributed by atoms with Crippen molar-refractivity contribution in [3.8, 4) is 17.4 Å². The predicted molar refractivity (Wildman–Crippen MR) is 130 cm³/mol. The lowest BCUT2D eigenvalue weighted by molar-refractivity contribution is 0.0691. The third kappa shape index (κ3) is 4.24. The smallest absolute Gasteiger partial charge is 0.356 e. The third-order valence-electron chi connectivity index (χ3n) is 5.55. The quantitative estimate of drug-likeness (QED) is 0.348. The molecule has 8 heteroatoms. The summed E-state index contributed by atoms with van der Waals surface area (Å²) in [5.41, 5.74) is 3.35. The number of rotatable bonds is 5.